The quantitative estimate of drug-likeness (QED) is 0.442. The first kappa shape index (κ1) is 18.5. The fourth-order valence-electron chi connectivity index (χ4n) is 1.50. The van der Waals surface area contributed by atoms with Crippen molar-refractivity contribution in [2.75, 3.05) is 5.75 Å². The minimum atomic E-state index is -3.97. The molecule has 19 heavy (non-hydrogen) atoms. The number of unbranched alkanes of at least 4 members (excludes halogenated alkanes) is 5. The van der Waals surface area contributed by atoms with Crippen molar-refractivity contribution in [3.05, 3.63) is 30.3 Å². The van der Waals surface area contributed by atoms with Crippen molar-refractivity contribution in [1.29, 1.82) is 0 Å². The van der Waals surface area contributed by atoms with Crippen LogP contribution in [0, 0.1) is 0 Å². The van der Waals surface area contributed by atoms with E-state index in [0.717, 1.165) is 24.2 Å². The van der Waals surface area contributed by atoms with Crippen LogP contribution in [0.2, 0.25) is 0 Å². The van der Waals surface area contributed by atoms with Gasteiger partial charge in [0.2, 0.25) is 0 Å². The molecule has 0 radical (unpaired) electrons. The van der Waals surface area contributed by atoms with Gasteiger partial charge in [0.1, 0.15) is 4.90 Å². The van der Waals surface area contributed by atoms with E-state index in [4.69, 9.17) is 0 Å². The zero-order chi connectivity index (χ0) is 14.6. The lowest BCUT2D eigenvalue weighted by Crippen LogP contribution is -2.03. The Hall–Kier alpha value is -0.520. The van der Waals surface area contributed by atoms with Crippen LogP contribution in [-0.2, 0) is 22.7 Å². The topological polar surface area (TPSA) is 57.2 Å². The van der Waals surface area contributed by atoms with E-state index >= 15 is 0 Å². The Balaban J connectivity index is 0.000000388. The van der Waals surface area contributed by atoms with Gasteiger partial charge in [-0.25, -0.2) is 8.42 Å². The van der Waals surface area contributed by atoms with Gasteiger partial charge in [0.25, 0.3) is 0 Å². The van der Waals surface area contributed by atoms with Crippen LogP contribution >= 0.6 is 0 Å². The van der Waals surface area contributed by atoms with Crippen molar-refractivity contribution in [3.8, 4) is 0 Å². The van der Waals surface area contributed by atoms with E-state index in [1.807, 2.05) is 30.3 Å². The molecule has 0 unspecified atom stereocenters. The lowest BCUT2D eigenvalue weighted by molar-refractivity contribution is 0.459. The lowest BCUT2D eigenvalue weighted by Gasteiger charge is -2.05. The Morgan fingerprint density at radius 2 is 1.53 bits per heavy atom. The fraction of sp³-hybridized carbons (Fsp3) is 0.571. The van der Waals surface area contributed by atoms with Crippen molar-refractivity contribution < 1.29 is 13.0 Å². The van der Waals surface area contributed by atoms with Gasteiger partial charge in [-0.3, -0.25) is 0 Å². The summed E-state index contributed by atoms with van der Waals surface area (Å²) < 4.78 is 30.5. The van der Waals surface area contributed by atoms with Crippen molar-refractivity contribution in [3.63, 3.8) is 0 Å². The van der Waals surface area contributed by atoms with E-state index in [9.17, 15) is 13.0 Å². The van der Waals surface area contributed by atoms with Crippen LogP contribution in [0.25, 0.3) is 0 Å². The third-order valence-electron chi connectivity index (χ3n) is 2.52. The highest BCUT2D eigenvalue weighted by Crippen LogP contribution is 2.05. The van der Waals surface area contributed by atoms with Gasteiger partial charge in [-0.15, -0.1) is 0 Å². The van der Waals surface area contributed by atoms with Gasteiger partial charge in [-0.1, -0.05) is 57.2 Å². The molecule has 110 valence electrons. The summed E-state index contributed by atoms with van der Waals surface area (Å²) in [5, 5.41) is 0. The number of hydrogen-bond donors (Lipinski definition) is 0. The summed E-state index contributed by atoms with van der Waals surface area (Å²) in [6.45, 7) is 2.13. The van der Waals surface area contributed by atoms with Crippen LogP contribution < -0.4 is 0 Å². The van der Waals surface area contributed by atoms with Crippen LogP contribution in [0.1, 0.15) is 45.4 Å². The highest BCUT2D eigenvalue weighted by Gasteiger charge is 1.94. The maximum Gasteiger partial charge on any atom is 0.150 e. The summed E-state index contributed by atoms with van der Waals surface area (Å²) in [5.74, 6) is -0.195. The molecule has 0 aromatic heterocycles. The average Bonchev–Trinajstić information content (AvgIpc) is 2.34. The molecule has 0 N–H and O–H groups in total. The second kappa shape index (κ2) is 11.3. The summed E-state index contributed by atoms with van der Waals surface area (Å²) >= 11 is 3.36. The molecule has 0 heterocycles. The predicted molar refractivity (Wildman–Crippen MR) is 82.8 cm³/mol. The molecular weight excluding hydrogens is 280 g/mol. The fourth-order valence-corrected chi connectivity index (χ4v) is 2.25. The first-order valence-electron chi connectivity index (χ1n) is 6.66. The van der Waals surface area contributed by atoms with Crippen LogP contribution in [-0.4, -0.2) is 18.7 Å². The van der Waals surface area contributed by atoms with Gasteiger partial charge >= 0.3 is 0 Å². The molecule has 0 saturated carbocycles. The molecule has 1 aromatic carbocycles. The van der Waals surface area contributed by atoms with Gasteiger partial charge in [0.05, 0.1) is 10.1 Å². The lowest BCUT2D eigenvalue weighted by atomic mass is 10.1. The number of rotatable bonds is 7. The molecular formula is C14H24O3S2. The molecule has 1 aromatic rings. The Morgan fingerprint density at radius 1 is 1.00 bits per heavy atom. The summed E-state index contributed by atoms with van der Waals surface area (Å²) in [6.07, 6.45) is 5.96. The van der Waals surface area contributed by atoms with E-state index in [1.54, 1.807) is 0 Å². The largest absolute Gasteiger partial charge is 0.748 e. The third-order valence-corrected chi connectivity index (χ3v) is 3.64. The smallest absolute Gasteiger partial charge is 0.150 e. The van der Waals surface area contributed by atoms with Crippen LogP contribution in [0.5, 0.6) is 0 Å². The molecule has 0 atom stereocenters. The first-order chi connectivity index (χ1) is 8.95. The Morgan fingerprint density at radius 3 is 1.95 bits per heavy atom. The van der Waals surface area contributed by atoms with Crippen molar-refractivity contribution in [2.45, 2.75) is 50.3 Å². The second-order valence-electron chi connectivity index (χ2n) is 4.40. The Kier molecular flexibility index (Phi) is 11.0. The molecule has 0 spiro atoms. The summed E-state index contributed by atoms with van der Waals surface area (Å²) in [6, 6.07) is 9.96. The normalized spacial score (nSPS) is 10.7. The highest BCUT2D eigenvalue weighted by molar-refractivity contribution is 7.85. The molecule has 0 aliphatic rings. The van der Waals surface area contributed by atoms with Gasteiger partial charge in [-0.05, 0) is 31.2 Å². The third kappa shape index (κ3) is 15.4. The summed E-state index contributed by atoms with van der Waals surface area (Å²) in [4.78, 5) is 1.13. The predicted octanol–water partition coefficient (Wildman–Crippen LogP) is 2.95. The van der Waals surface area contributed by atoms with Gasteiger partial charge in [-0.2, -0.15) is 0 Å². The zero-order valence-electron chi connectivity index (χ0n) is 11.5. The molecule has 0 bridgehead atoms. The molecule has 5 heteroatoms. The molecule has 0 aliphatic heterocycles. The first-order valence-corrected chi connectivity index (χ1v) is 8.73. The van der Waals surface area contributed by atoms with Crippen LogP contribution in [0.15, 0.2) is 35.2 Å². The van der Waals surface area contributed by atoms with E-state index in [-0.39, 0.29) is 5.75 Å². The van der Waals surface area contributed by atoms with Crippen LogP contribution in [0.4, 0.5) is 0 Å². The minimum Gasteiger partial charge on any atom is -0.748 e. The Bertz CT molecular complexity index is 402. The monoisotopic (exact) mass is 304 g/mol. The number of benzene rings is 1. The van der Waals surface area contributed by atoms with E-state index in [2.05, 4.69) is 19.6 Å². The van der Waals surface area contributed by atoms with Crippen LogP contribution in [0.3, 0.4) is 0 Å². The maximum atomic E-state index is 10.2. The highest BCUT2D eigenvalue weighted by atomic mass is 32.2. The maximum absolute atomic E-state index is 10.2. The minimum absolute atomic E-state index is 0.195. The second-order valence-corrected chi connectivity index (χ2v) is 6.50. The standard InChI is InChI=1S/C8H18O3S.C6H6S/c1-2-3-4-5-6-7-8-12(9,10)11;7-6-4-2-1-3-5-6/h2-8H2,1H3,(H,9,10,11);1-5,7H. The van der Waals surface area contributed by atoms with Crippen molar-refractivity contribution in [2.24, 2.45) is 0 Å². The SMILES string of the molecule is CCCCCCCCS(=O)(=O)[O-].[SH2+]c1ccccc1. The molecule has 0 amide bonds. The van der Waals surface area contributed by atoms with E-state index in [0.29, 0.717) is 6.42 Å². The van der Waals surface area contributed by atoms with Gasteiger partial charge < -0.3 is 4.55 Å². The molecule has 0 fully saturated rings. The average molecular weight is 304 g/mol. The number of hydrogen-bond acceptors (Lipinski definition) is 3. The van der Waals surface area contributed by atoms with Gasteiger partial charge in [0.15, 0.2) is 0 Å². The molecule has 0 aliphatic carbocycles. The van der Waals surface area contributed by atoms with Gasteiger partial charge in [0, 0.05) is 5.75 Å². The van der Waals surface area contributed by atoms with Crippen molar-refractivity contribution in [1.82, 2.24) is 0 Å². The van der Waals surface area contributed by atoms with Crippen molar-refractivity contribution >= 4 is 22.7 Å². The zero-order valence-corrected chi connectivity index (χ0v) is 13.3. The summed E-state index contributed by atoms with van der Waals surface area (Å²) in [7, 11) is -3.97. The molecule has 1 rings (SSSR count). The Labute approximate surface area is 122 Å². The summed E-state index contributed by atoms with van der Waals surface area (Å²) in [5.41, 5.74) is 0. The molecule has 0 saturated heterocycles. The molecule has 3 nitrogen and oxygen atoms in total. The van der Waals surface area contributed by atoms with E-state index in [1.165, 1.54) is 12.8 Å². The van der Waals surface area contributed by atoms with E-state index < -0.39 is 10.1 Å².